The van der Waals surface area contributed by atoms with Gasteiger partial charge in [0, 0.05) is 0 Å². The Morgan fingerprint density at radius 3 is 2.27 bits per heavy atom. The molecule has 11 heavy (non-hydrogen) atoms. The van der Waals surface area contributed by atoms with Gasteiger partial charge in [-0.1, -0.05) is 26.7 Å². The van der Waals surface area contributed by atoms with Crippen LogP contribution >= 0.6 is 0 Å². The average molecular weight is 159 g/mol. The van der Waals surface area contributed by atoms with Crippen LogP contribution in [0.1, 0.15) is 46.0 Å². The third-order valence-electron chi connectivity index (χ3n) is 2.24. The summed E-state index contributed by atoms with van der Waals surface area (Å²) >= 11 is 0. The molecule has 0 aromatic rings. The first-order valence-corrected chi connectivity index (χ1v) is 4.59. The van der Waals surface area contributed by atoms with Crippen LogP contribution in [-0.2, 0) is 0 Å². The molecule has 68 valence electrons. The molecule has 0 aromatic heterocycles. The normalized spacial score (nSPS) is 16.4. The summed E-state index contributed by atoms with van der Waals surface area (Å²) in [6.45, 7) is 4.17. The van der Waals surface area contributed by atoms with Gasteiger partial charge in [0.2, 0.25) is 0 Å². The second-order valence-electron chi connectivity index (χ2n) is 3.09. The van der Waals surface area contributed by atoms with Crippen molar-refractivity contribution in [1.29, 1.82) is 0 Å². The lowest BCUT2D eigenvalue weighted by molar-refractivity contribution is -0.00155. The van der Waals surface area contributed by atoms with E-state index in [1.54, 1.807) is 0 Å². The van der Waals surface area contributed by atoms with Crippen molar-refractivity contribution in [2.24, 2.45) is 0 Å². The molecule has 2 N–H and O–H groups in total. The molecule has 0 saturated heterocycles. The largest absolute Gasteiger partial charge is 0.376 e. The van der Waals surface area contributed by atoms with Crippen LogP contribution in [0.5, 0.6) is 0 Å². The van der Waals surface area contributed by atoms with Gasteiger partial charge in [0.15, 0.2) is 0 Å². The molecule has 0 aromatic carbocycles. The molecule has 2 nitrogen and oxygen atoms in total. The number of hydrogen-bond donors (Lipinski definition) is 2. The Morgan fingerprint density at radius 1 is 1.27 bits per heavy atom. The summed E-state index contributed by atoms with van der Waals surface area (Å²) in [6.07, 6.45) is 5.19. The maximum absolute atomic E-state index is 9.74. The maximum atomic E-state index is 9.74. The molecule has 0 spiro atoms. The SMILES string of the molecule is CCCCCC(O)(CC)NC. The first-order valence-electron chi connectivity index (χ1n) is 4.59. The fraction of sp³-hybridized carbons (Fsp3) is 1.00. The number of hydrogen-bond acceptors (Lipinski definition) is 2. The van der Waals surface area contributed by atoms with Crippen LogP contribution in [0.25, 0.3) is 0 Å². The highest BCUT2D eigenvalue weighted by molar-refractivity contribution is 4.70. The van der Waals surface area contributed by atoms with Gasteiger partial charge in [-0.3, -0.25) is 5.32 Å². The van der Waals surface area contributed by atoms with Gasteiger partial charge in [0.1, 0.15) is 5.72 Å². The van der Waals surface area contributed by atoms with Crippen LogP contribution in [0, 0.1) is 0 Å². The standard InChI is InChI=1S/C9H21NO/c1-4-6-7-8-9(11,5-2)10-3/h10-11H,4-8H2,1-3H3. The quantitative estimate of drug-likeness (QED) is 0.458. The van der Waals surface area contributed by atoms with Crippen molar-refractivity contribution >= 4 is 0 Å². The average Bonchev–Trinajstić information content (AvgIpc) is 2.05. The van der Waals surface area contributed by atoms with E-state index in [9.17, 15) is 5.11 Å². The van der Waals surface area contributed by atoms with Gasteiger partial charge in [-0.05, 0) is 26.3 Å². The van der Waals surface area contributed by atoms with Crippen LogP contribution in [0.3, 0.4) is 0 Å². The van der Waals surface area contributed by atoms with E-state index in [1.165, 1.54) is 12.8 Å². The van der Waals surface area contributed by atoms with Crippen LogP contribution in [0.15, 0.2) is 0 Å². The molecule has 2 heteroatoms. The Kier molecular flexibility index (Phi) is 5.51. The Bertz CT molecular complexity index is 89.6. The highest BCUT2D eigenvalue weighted by atomic mass is 16.3. The molecule has 0 rings (SSSR count). The lowest BCUT2D eigenvalue weighted by atomic mass is 10.0. The van der Waals surface area contributed by atoms with E-state index in [1.807, 2.05) is 14.0 Å². The van der Waals surface area contributed by atoms with Gasteiger partial charge < -0.3 is 5.11 Å². The second kappa shape index (κ2) is 5.56. The van der Waals surface area contributed by atoms with Crippen molar-refractivity contribution in [3.63, 3.8) is 0 Å². The fourth-order valence-electron chi connectivity index (χ4n) is 1.15. The van der Waals surface area contributed by atoms with Gasteiger partial charge in [-0.2, -0.15) is 0 Å². The third-order valence-corrected chi connectivity index (χ3v) is 2.24. The number of rotatable bonds is 6. The zero-order valence-electron chi connectivity index (χ0n) is 7.98. The van der Waals surface area contributed by atoms with Crippen LogP contribution in [0.2, 0.25) is 0 Å². The fourth-order valence-corrected chi connectivity index (χ4v) is 1.15. The van der Waals surface area contributed by atoms with E-state index in [0.29, 0.717) is 0 Å². The zero-order valence-corrected chi connectivity index (χ0v) is 7.98. The molecule has 1 atom stereocenters. The van der Waals surface area contributed by atoms with E-state index >= 15 is 0 Å². The minimum absolute atomic E-state index is 0.616. The third kappa shape index (κ3) is 4.38. The molecule has 0 aliphatic rings. The van der Waals surface area contributed by atoms with E-state index in [2.05, 4.69) is 12.2 Å². The van der Waals surface area contributed by atoms with Crippen LogP contribution in [0.4, 0.5) is 0 Å². The van der Waals surface area contributed by atoms with Crippen LogP contribution < -0.4 is 5.32 Å². The molecule has 0 amide bonds. The molecule has 0 heterocycles. The van der Waals surface area contributed by atoms with Gasteiger partial charge in [-0.25, -0.2) is 0 Å². The van der Waals surface area contributed by atoms with E-state index in [0.717, 1.165) is 19.3 Å². The van der Waals surface area contributed by atoms with Crippen molar-refractivity contribution in [1.82, 2.24) is 5.32 Å². The van der Waals surface area contributed by atoms with Gasteiger partial charge >= 0.3 is 0 Å². The molecule has 0 saturated carbocycles. The number of aliphatic hydroxyl groups is 1. The molecular weight excluding hydrogens is 138 g/mol. The number of unbranched alkanes of at least 4 members (excludes halogenated alkanes) is 2. The molecule has 0 fully saturated rings. The van der Waals surface area contributed by atoms with Crippen LogP contribution in [-0.4, -0.2) is 17.9 Å². The van der Waals surface area contributed by atoms with E-state index in [-0.39, 0.29) is 0 Å². The molecule has 0 aliphatic heterocycles. The summed E-state index contributed by atoms with van der Waals surface area (Å²) in [5, 5.41) is 12.7. The van der Waals surface area contributed by atoms with E-state index in [4.69, 9.17) is 0 Å². The van der Waals surface area contributed by atoms with Gasteiger partial charge in [0.05, 0.1) is 0 Å². The van der Waals surface area contributed by atoms with Crippen molar-refractivity contribution in [2.75, 3.05) is 7.05 Å². The highest BCUT2D eigenvalue weighted by Gasteiger charge is 2.20. The predicted molar refractivity (Wildman–Crippen MR) is 48.4 cm³/mol. The monoisotopic (exact) mass is 159 g/mol. The van der Waals surface area contributed by atoms with Crippen molar-refractivity contribution in [2.45, 2.75) is 51.7 Å². The van der Waals surface area contributed by atoms with Gasteiger partial charge in [0.25, 0.3) is 0 Å². The second-order valence-corrected chi connectivity index (χ2v) is 3.09. The minimum Gasteiger partial charge on any atom is -0.376 e. The summed E-state index contributed by atoms with van der Waals surface area (Å²) in [5.41, 5.74) is -0.616. The Hall–Kier alpha value is -0.0800. The smallest absolute Gasteiger partial charge is 0.115 e. The van der Waals surface area contributed by atoms with Gasteiger partial charge in [-0.15, -0.1) is 0 Å². The molecule has 0 bridgehead atoms. The highest BCUT2D eigenvalue weighted by Crippen LogP contribution is 2.14. The summed E-state index contributed by atoms with van der Waals surface area (Å²) in [6, 6.07) is 0. The first kappa shape index (κ1) is 10.9. The maximum Gasteiger partial charge on any atom is 0.115 e. The lowest BCUT2D eigenvalue weighted by Crippen LogP contribution is -2.41. The molecule has 0 radical (unpaired) electrons. The van der Waals surface area contributed by atoms with Crippen molar-refractivity contribution in [3.05, 3.63) is 0 Å². The molecule has 0 aliphatic carbocycles. The summed E-state index contributed by atoms with van der Waals surface area (Å²) in [4.78, 5) is 0. The van der Waals surface area contributed by atoms with Crippen molar-refractivity contribution < 1.29 is 5.11 Å². The Balaban J connectivity index is 3.51. The Morgan fingerprint density at radius 2 is 1.91 bits per heavy atom. The Labute approximate surface area is 70.0 Å². The minimum atomic E-state index is -0.616. The summed E-state index contributed by atoms with van der Waals surface area (Å²) < 4.78 is 0. The molecular formula is C9H21NO. The lowest BCUT2D eigenvalue weighted by Gasteiger charge is -2.25. The van der Waals surface area contributed by atoms with Crippen molar-refractivity contribution in [3.8, 4) is 0 Å². The first-order chi connectivity index (χ1) is 5.18. The molecule has 1 unspecified atom stereocenters. The van der Waals surface area contributed by atoms with E-state index < -0.39 is 5.72 Å². The predicted octanol–water partition coefficient (Wildman–Crippen LogP) is 1.88. The topological polar surface area (TPSA) is 32.3 Å². The zero-order chi connectivity index (χ0) is 8.74. The number of nitrogens with one attached hydrogen (secondary N) is 1. The summed E-state index contributed by atoms with van der Waals surface area (Å²) in [5.74, 6) is 0. The summed E-state index contributed by atoms with van der Waals surface area (Å²) in [7, 11) is 1.81.